The van der Waals surface area contributed by atoms with E-state index in [1.165, 1.54) is 18.1 Å². The molecular formula is C16H19ClN2O3. The molecule has 0 saturated carbocycles. The molecule has 0 aromatic heterocycles. The highest BCUT2D eigenvalue weighted by Gasteiger charge is 2.11. The van der Waals surface area contributed by atoms with E-state index in [9.17, 15) is 4.79 Å². The van der Waals surface area contributed by atoms with Gasteiger partial charge in [0.2, 0.25) is 5.91 Å². The first-order chi connectivity index (χ1) is 10.5. The van der Waals surface area contributed by atoms with E-state index in [2.05, 4.69) is 0 Å². The van der Waals surface area contributed by atoms with Gasteiger partial charge in [0, 0.05) is 19.7 Å². The zero-order valence-corrected chi connectivity index (χ0v) is 13.7. The van der Waals surface area contributed by atoms with Crippen LogP contribution in [0.1, 0.15) is 18.9 Å². The molecule has 22 heavy (non-hydrogen) atoms. The summed E-state index contributed by atoms with van der Waals surface area (Å²) in [6.45, 7) is 2.74. The third kappa shape index (κ3) is 4.97. The minimum Gasteiger partial charge on any atom is -0.493 e. The summed E-state index contributed by atoms with van der Waals surface area (Å²) < 4.78 is 10.7. The fourth-order valence-electron chi connectivity index (χ4n) is 1.74. The number of hydrogen-bond donors (Lipinski definition) is 0. The Hall–Kier alpha value is -2.19. The quantitative estimate of drug-likeness (QED) is 0.723. The normalized spacial score (nSPS) is 10.3. The standard InChI is InChI=1S/C16H19ClN2O3/c1-4-22-16-13(17)10-12(11-14(16)21-3)6-7-15(20)19(2)9-5-8-18/h6-7,10-11H,4-5,9H2,1-3H3. The molecule has 0 N–H and O–H groups in total. The Morgan fingerprint density at radius 2 is 2.23 bits per heavy atom. The Kier molecular flexibility index (Phi) is 7.27. The van der Waals surface area contributed by atoms with Crippen molar-refractivity contribution in [3.63, 3.8) is 0 Å². The summed E-state index contributed by atoms with van der Waals surface area (Å²) in [5.74, 6) is 0.819. The van der Waals surface area contributed by atoms with E-state index in [0.717, 1.165) is 5.56 Å². The fourth-order valence-corrected chi connectivity index (χ4v) is 2.02. The molecule has 1 aromatic rings. The monoisotopic (exact) mass is 322 g/mol. The molecule has 0 bridgehead atoms. The van der Waals surface area contributed by atoms with Crippen LogP contribution in [0.15, 0.2) is 18.2 Å². The van der Waals surface area contributed by atoms with Crippen LogP contribution in [0.25, 0.3) is 6.08 Å². The number of benzene rings is 1. The van der Waals surface area contributed by atoms with Gasteiger partial charge in [-0.25, -0.2) is 0 Å². The maximum absolute atomic E-state index is 11.9. The van der Waals surface area contributed by atoms with Gasteiger partial charge in [0.05, 0.1) is 31.2 Å². The summed E-state index contributed by atoms with van der Waals surface area (Å²) in [5, 5.41) is 8.94. The highest BCUT2D eigenvalue weighted by Crippen LogP contribution is 2.36. The number of likely N-dealkylation sites (N-methyl/N-ethyl adjacent to an activating group) is 1. The molecule has 0 heterocycles. The molecule has 0 unspecified atom stereocenters. The van der Waals surface area contributed by atoms with Crippen LogP contribution in [0.5, 0.6) is 11.5 Å². The van der Waals surface area contributed by atoms with Gasteiger partial charge in [0.15, 0.2) is 11.5 Å². The fraction of sp³-hybridized carbons (Fsp3) is 0.375. The lowest BCUT2D eigenvalue weighted by Gasteiger charge is -2.13. The van der Waals surface area contributed by atoms with Gasteiger partial charge >= 0.3 is 0 Å². The molecule has 118 valence electrons. The van der Waals surface area contributed by atoms with E-state index in [1.807, 2.05) is 13.0 Å². The molecule has 1 aromatic carbocycles. The number of nitriles is 1. The van der Waals surface area contributed by atoms with Crippen molar-refractivity contribution in [3.05, 3.63) is 28.8 Å². The second kappa shape index (κ2) is 8.96. The molecule has 0 aliphatic heterocycles. The summed E-state index contributed by atoms with van der Waals surface area (Å²) in [5.41, 5.74) is 0.729. The molecule has 1 rings (SSSR count). The average molecular weight is 323 g/mol. The first-order valence-corrected chi connectivity index (χ1v) is 7.21. The van der Waals surface area contributed by atoms with Crippen molar-refractivity contribution in [2.75, 3.05) is 27.3 Å². The Morgan fingerprint density at radius 3 is 2.82 bits per heavy atom. The van der Waals surface area contributed by atoms with Crippen LogP contribution in [-0.4, -0.2) is 38.1 Å². The Morgan fingerprint density at radius 1 is 1.50 bits per heavy atom. The molecule has 0 aliphatic rings. The van der Waals surface area contributed by atoms with Gasteiger partial charge in [-0.05, 0) is 30.7 Å². The van der Waals surface area contributed by atoms with Crippen molar-refractivity contribution in [1.82, 2.24) is 4.90 Å². The summed E-state index contributed by atoms with van der Waals surface area (Å²) in [4.78, 5) is 13.4. The summed E-state index contributed by atoms with van der Waals surface area (Å²) in [7, 11) is 3.18. The third-order valence-electron chi connectivity index (χ3n) is 2.89. The highest BCUT2D eigenvalue weighted by atomic mass is 35.5. The third-order valence-corrected chi connectivity index (χ3v) is 3.17. The molecule has 0 saturated heterocycles. The van der Waals surface area contributed by atoms with Crippen LogP contribution in [-0.2, 0) is 4.79 Å². The first kappa shape index (κ1) is 17.9. The Balaban J connectivity index is 2.90. The van der Waals surface area contributed by atoms with E-state index < -0.39 is 0 Å². The van der Waals surface area contributed by atoms with Crippen LogP contribution in [0.3, 0.4) is 0 Å². The SMILES string of the molecule is CCOc1c(Cl)cc(C=CC(=O)N(C)CCC#N)cc1OC. The molecule has 1 amide bonds. The van der Waals surface area contributed by atoms with E-state index in [1.54, 1.807) is 25.3 Å². The zero-order valence-electron chi connectivity index (χ0n) is 12.9. The number of hydrogen-bond acceptors (Lipinski definition) is 4. The van der Waals surface area contributed by atoms with Gasteiger partial charge in [0.1, 0.15) is 0 Å². The Bertz CT molecular complexity index is 594. The number of nitrogens with zero attached hydrogens (tertiary/aromatic N) is 2. The van der Waals surface area contributed by atoms with Gasteiger partial charge in [-0.1, -0.05) is 11.6 Å². The van der Waals surface area contributed by atoms with Crippen LogP contribution >= 0.6 is 11.6 Å². The lowest BCUT2D eigenvalue weighted by Crippen LogP contribution is -2.25. The van der Waals surface area contributed by atoms with Gasteiger partial charge < -0.3 is 14.4 Å². The van der Waals surface area contributed by atoms with Crippen molar-refractivity contribution in [2.45, 2.75) is 13.3 Å². The smallest absolute Gasteiger partial charge is 0.246 e. The van der Waals surface area contributed by atoms with Crippen LogP contribution < -0.4 is 9.47 Å². The average Bonchev–Trinajstić information content (AvgIpc) is 2.52. The number of methoxy groups -OCH3 is 1. The maximum atomic E-state index is 11.9. The highest BCUT2D eigenvalue weighted by molar-refractivity contribution is 6.32. The van der Waals surface area contributed by atoms with Crippen LogP contribution in [0.4, 0.5) is 0 Å². The van der Waals surface area contributed by atoms with Crippen molar-refractivity contribution in [3.8, 4) is 17.6 Å². The summed E-state index contributed by atoms with van der Waals surface area (Å²) in [6.07, 6.45) is 3.39. The van der Waals surface area contributed by atoms with E-state index in [-0.39, 0.29) is 5.91 Å². The molecule has 0 aliphatic carbocycles. The number of amides is 1. The maximum Gasteiger partial charge on any atom is 0.246 e. The number of carbonyl (C=O) groups excluding carboxylic acids is 1. The number of carbonyl (C=O) groups is 1. The number of rotatable bonds is 7. The first-order valence-electron chi connectivity index (χ1n) is 6.83. The lowest BCUT2D eigenvalue weighted by atomic mass is 10.2. The summed E-state index contributed by atoms with van der Waals surface area (Å²) >= 11 is 6.17. The van der Waals surface area contributed by atoms with Gasteiger partial charge in [0.25, 0.3) is 0 Å². The zero-order chi connectivity index (χ0) is 16.5. The van der Waals surface area contributed by atoms with Crippen molar-refractivity contribution < 1.29 is 14.3 Å². The molecule has 0 spiro atoms. The largest absolute Gasteiger partial charge is 0.493 e. The lowest BCUT2D eigenvalue weighted by molar-refractivity contribution is -0.124. The minimum atomic E-state index is -0.181. The number of halogens is 1. The van der Waals surface area contributed by atoms with E-state index in [0.29, 0.717) is 36.1 Å². The molecule has 0 fully saturated rings. The molecule has 6 heteroatoms. The second-order valence-corrected chi connectivity index (χ2v) is 4.88. The van der Waals surface area contributed by atoms with Gasteiger partial charge in [-0.2, -0.15) is 5.26 Å². The molecular weight excluding hydrogens is 304 g/mol. The topological polar surface area (TPSA) is 62.6 Å². The van der Waals surface area contributed by atoms with Crippen molar-refractivity contribution in [1.29, 1.82) is 5.26 Å². The molecule has 0 radical (unpaired) electrons. The van der Waals surface area contributed by atoms with Gasteiger partial charge in [-0.15, -0.1) is 0 Å². The Labute approximate surface area is 135 Å². The van der Waals surface area contributed by atoms with Crippen molar-refractivity contribution >= 4 is 23.6 Å². The van der Waals surface area contributed by atoms with Crippen molar-refractivity contribution in [2.24, 2.45) is 0 Å². The van der Waals surface area contributed by atoms with Crippen LogP contribution in [0.2, 0.25) is 5.02 Å². The van der Waals surface area contributed by atoms with E-state index >= 15 is 0 Å². The summed E-state index contributed by atoms with van der Waals surface area (Å²) in [6, 6.07) is 5.45. The predicted octanol–water partition coefficient (Wildman–Crippen LogP) is 3.13. The van der Waals surface area contributed by atoms with Crippen LogP contribution in [0, 0.1) is 11.3 Å². The van der Waals surface area contributed by atoms with E-state index in [4.69, 9.17) is 26.3 Å². The number of ether oxygens (including phenoxy) is 2. The molecule has 5 nitrogen and oxygen atoms in total. The minimum absolute atomic E-state index is 0.181. The van der Waals surface area contributed by atoms with Gasteiger partial charge in [-0.3, -0.25) is 4.79 Å². The molecule has 0 atom stereocenters. The predicted molar refractivity (Wildman–Crippen MR) is 86.1 cm³/mol. The second-order valence-electron chi connectivity index (χ2n) is 4.47.